The van der Waals surface area contributed by atoms with Gasteiger partial charge in [-0.2, -0.15) is 0 Å². The lowest BCUT2D eigenvalue weighted by Crippen LogP contribution is -2.32. The smallest absolute Gasteiger partial charge is 0.263 e. The molecule has 0 aliphatic heterocycles. The van der Waals surface area contributed by atoms with Gasteiger partial charge in [-0.15, -0.1) is 11.3 Å². The Balaban J connectivity index is 2.09. The van der Waals surface area contributed by atoms with Crippen LogP contribution < -0.4 is 10.9 Å². The summed E-state index contributed by atoms with van der Waals surface area (Å²) in [4.78, 5) is 32.6. The summed E-state index contributed by atoms with van der Waals surface area (Å²) in [6.45, 7) is 11.5. The molecule has 0 spiro atoms. The fourth-order valence-corrected chi connectivity index (χ4v) is 5.92. The van der Waals surface area contributed by atoms with E-state index in [4.69, 9.17) is 4.98 Å². The molecule has 2 aromatic heterocycles. The van der Waals surface area contributed by atoms with Crippen molar-refractivity contribution in [1.29, 1.82) is 0 Å². The van der Waals surface area contributed by atoms with Gasteiger partial charge in [0.25, 0.3) is 5.56 Å². The summed E-state index contributed by atoms with van der Waals surface area (Å²) >= 11 is 3.05. The highest BCUT2D eigenvalue weighted by molar-refractivity contribution is 8.00. The van der Waals surface area contributed by atoms with E-state index in [1.54, 1.807) is 15.9 Å². The highest BCUT2D eigenvalue weighted by atomic mass is 32.2. The fourth-order valence-electron chi connectivity index (χ4n) is 3.55. The Kier molecular flexibility index (Phi) is 6.31. The number of hydrogen-bond acceptors (Lipinski definition) is 5. The van der Waals surface area contributed by atoms with Gasteiger partial charge in [0.2, 0.25) is 5.91 Å². The Morgan fingerprint density at radius 1 is 1.41 bits per heavy atom. The first-order valence-corrected chi connectivity index (χ1v) is 11.5. The molecule has 0 unspecified atom stereocenters. The third-order valence-electron chi connectivity index (χ3n) is 4.93. The van der Waals surface area contributed by atoms with Gasteiger partial charge in [-0.05, 0) is 50.5 Å². The molecule has 0 aromatic carbocycles. The summed E-state index contributed by atoms with van der Waals surface area (Å²) in [5, 5.41) is 4.04. The number of thioether (sulfide) groups is 1. The van der Waals surface area contributed by atoms with Crippen molar-refractivity contribution in [2.24, 2.45) is 11.8 Å². The van der Waals surface area contributed by atoms with Crippen molar-refractivity contribution in [1.82, 2.24) is 14.9 Å². The molecule has 1 aliphatic carbocycles. The second-order valence-electron chi connectivity index (χ2n) is 7.89. The van der Waals surface area contributed by atoms with Crippen LogP contribution in [0.25, 0.3) is 10.2 Å². The number of amides is 1. The minimum atomic E-state index is -0.290. The molecule has 0 saturated heterocycles. The summed E-state index contributed by atoms with van der Waals surface area (Å²) in [6.07, 6.45) is 3.14. The lowest BCUT2D eigenvalue weighted by atomic mass is 9.89. The van der Waals surface area contributed by atoms with Crippen molar-refractivity contribution in [3.05, 3.63) is 20.8 Å². The summed E-state index contributed by atoms with van der Waals surface area (Å²) < 4.78 is 1.79. The van der Waals surface area contributed by atoms with Crippen molar-refractivity contribution in [3.63, 3.8) is 0 Å². The third kappa shape index (κ3) is 4.24. The van der Waals surface area contributed by atoms with E-state index in [0.717, 1.165) is 29.5 Å². The first-order chi connectivity index (χ1) is 12.8. The van der Waals surface area contributed by atoms with Gasteiger partial charge in [-0.25, -0.2) is 4.98 Å². The van der Waals surface area contributed by atoms with Gasteiger partial charge in [0, 0.05) is 18.0 Å². The lowest BCUT2D eigenvalue weighted by Gasteiger charge is -2.18. The average molecular weight is 408 g/mol. The average Bonchev–Trinajstić information content (AvgIpc) is 2.95. The summed E-state index contributed by atoms with van der Waals surface area (Å²) in [6, 6.07) is 0. The molecule has 2 heterocycles. The Hall–Kier alpha value is -1.34. The number of carbonyl (C=O) groups is 1. The van der Waals surface area contributed by atoms with Gasteiger partial charge in [-0.3, -0.25) is 14.2 Å². The lowest BCUT2D eigenvalue weighted by molar-refractivity contribution is -0.120. The summed E-state index contributed by atoms with van der Waals surface area (Å²) in [5.41, 5.74) is 1.28. The van der Waals surface area contributed by atoms with Gasteiger partial charge in [0.05, 0.1) is 10.6 Å². The number of rotatable bonds is 6. The maximum atomic E-state index is 13.4. The molecule has 5 nitrogen and oxygen atoms in total. The maximum Gasteiger partial charge on any atom is 0.263 e. The molecule has 27 heavy (non-hydrogen) atoms. The Morgan fingerprint density at radius 3 is 2.81 bits per heavy atom. The van der Waals surface area contributed by atoms with Gasteiger partial charge in [0.15, 0.2) is 5.16 Å². The minimum Gasteiger partial charge on any atom is -0.355 e. The van der Waals surface area contributed by atoms with E-state index in [2.05, 4.69) is 26.1 Å². The van der Waals surface area contributed by atoms with Crippen LogP contribution in [-0.2, 0) is 24.2 Å². The largest absolute Gasteiger partial charge is 0.355 e. The predicted octanol–water partition coefficient (Wildman–Crippen LogP) is 3.86. The Bertz CT molecular complexity index is 901. The molecule has 148 valence electrons. The molecule has 3 rings (SSSR count). The van der Waals surface area contributed by atoms with Crippen molar-refractivity contribution >= 4 is 39.2 Å². The van der Waals surface area contributed by atoms with Crippen LogP contribution in [0.5, 0.6) is 0 Å². The number of hydrogen-bond donors (Lipinski definition) is 1. The molecule has 0 bridgehead atoms. The van der Waals surface area contributed by atoms with Gasteiger partial charge >= 0.3 is 0 Å². The van der Waals surface area contributed by atoms with Crippen LogP contribution in [0, 0.1) is 11.8 Å². The predicted molar refractivity (Wildman–Crippen MR) is 114 cm³/mol. The second kappa shape index (κ2) is 8.35. The summed E-state index contributed by atoms with van der Waals surface area (Å²) in [5.74, 6) is 0.970. The van der Waals surface area contributed by atoms with Crippen LogP contribution in [0.15, 0.2) is 9.95 Å². The van der Waals surface area contributed by atoms with E-state index in [1.165, 1.54) is 22.2 Å². The van der Waals surface area contributed by atoms with E-state index in [0.29, 0.717) is 30.1 Å². The molecule has 1 N–H and O–H groups in total. The number of fused-ring (bicyclic) bond motifs is 3. The van der Waals surface area contributed by atoms with E-state index in [1.807, 2.05) is 13.8 Å². The van der Waals surface area contributed by atoms with Crippen molar-refractivity contribution in [3.8, 4) is 0 Å². The molecule has 0 radical (unpaired) electrons. The van der Waals surface area contributed by atoms with E-state index < -0.39 is 0 Å². The van der Waals surface area contributed by atoms with E-state index >= 15 is 0 Å². The monoisotopic (exact) mass is 407 g/mol. The Labute approximate surface area is 169 Å². The first kappa shape index (κ1) is 20.4. The summed E-state index contributed by atoms with van der Waals surface area (Å²) in [7, 11) is 0. The molecular weight excluding hydrogens is 378 g/mol. The van der Waals surface area contributed by atoms with E-state index in [9.17, 15) is 9.59 Å². The molecule has 2 aromatic rings. The normalized spacial score (nSPS) is 17.9. The fraction of sp³-hybridized carbons (Fsp3) is 0.650. The quantitative estimate of drug-likeness (QED) is 0.583. The van der Waals surface area contributed by atoms with Gasteiger partial charge in [-0.1, -0.05) is 32.5 Å². The van der Waals surface area contributed by atoms with Crippen molar-refractivity contribution in [2.45, 2.75) is 70.8 Å². The van der Waals surface area contributed by atoms with Crippen LogP contribution in [0.4, 0.5) is 0 Å². The zero-order valence-electron chi connectivity index (χ0n) is 16.8. The second-order valence-corrected chi connectivity index (χ2v) is 10.3. The molecule has 1 aliphatic rings. The number of aromatic nitrogens is 2. The van der Waals surface area contributed by atoms with Crippen LogP contribution in [0.1, 0.15) is 51.5 Å². The number of aryl methyl sites for hydroxylation is 1. The Morgan fingerprint density at radius 2 is 2.15 bits per heavy atom. The van der Waals surface area contributed by atoms with Crippen LogP contribution in [0.3, 0.4) is 0 Å². The standard InChI is InChI=1S/C20H29N3O2S2/c1-6-21-17(24)13(5)26-20-22-18-16(19(25)23(20)10-11(2)3)14-8-7-12(4)9-15(14)27-18/h11-13H,6-10H2,1-5H3,(H,21,24)/t12-,13+/m0/s1. The third-order valence-corrected chi connectivity index (χ3v) is 7.17. The molecule has 2 atom stereocenters. The zero-order valence-corrected chi connectivity index (χ0v) is 18.4. The maximum absolute atomic E-state index is 13.4. The SMILES string of the molecule is CCNC(=O)[C@@H](C)Sc1nc2sc3c(c2c(=O)n1CC(C)C)CC[C@H](C)C3. The number of nitrogens with zero attached hydrogens (tertiary/aromatic N) is 2. The first-order valence-electron chi connectivity index (χ1n) is 9.81. The van der Waals surface area contributed by atoms with E-state index in [-0.39, 0.29) is 16.7 Å². The molecule has 0 saturated carbocycles. The number of nitrogens with one attached hydrogen (secondary N) is 1. The highest BCUT2D eigenvalue weighted by Crippen LogP contribution is 2.37. The molecule has 1 amide bonds. The number of carbonyl (C=O) groups excluding carboxylic acids is 1. The molecule has 7 heteroatoms. The highest BCUT2D eigenvalue weighted by Gasteiger charge is 2.26. The van der Waals surface area contributed by atoms with Crippen LogP contribution in [-0.4, -0.2) is 27.3 Å². The molecular formula is C20H29N3O2S2. The van der Waals surface area contributed by atoms with Gasteiger partial charge in [0.1, 0.15) is 4.83 Å². The zero-order chi connectivity index (χ0) is 19.7. The minimum absolute atomic E-state index is 0.0211. The molecule has 0 fully saturated rings. The van der Waals surface area contributed by atoms with Crippen molar-refractivity contribution < 1.29 is 4.79 Å². The van der Waals surface area contributed by atoms with Crippen LogP contribution in [0.2, 0.25) is 0 Å². The number of thiophene rings is 1. The topological polar surface area (TPSA) is 64.0 Å². The van der Waals surface area contributed by atoms with Crippen molar-refractivity contribution in [2.75, 3.05) is 6.54 Å². The van der Waals surface area contributed by atoms with Crippen LogP contribution >= 0.6 is 23.1 Å². The van der Waals surface area contributed by atoms with Gasteiger partial charge < -0.3 is 5.32 Å².